The van der Waals surface area contributed by atoms with Crippen molar-refractivity contribution in [3.63, 3.8) is 0 Å². The van der Waals surface area contributed by atoms with Crippen molar-refractivity contribution in [2.75, 3.05) is 33.2 Å². The van der Waals surface area contributed by atoms with Crippen LogP contribution < -0.4 is 5.32 Å². The first-order chi connectivity index (χ1) is 11.9. The zero-order valence-corrected chi connectivity index (χ0v) is 16.3. The molecule has 2 aliphatic rings. The van der Waals surface area contributed by atoms with E-state index in [1.165, 1.54) is 38.9 Å². The summed E-state index contributed by atoms with van der Waals surface area (Å²) in [7, 11) is 2.20. The second-order valence-corrected chi connectivity index (χ2v) is 8.36. The van der Waals surface area contributed by atoms with E-state index in [2.05, 4.69) is 28.7 Å². The summed E-state index contributed by atoms with van der Waals surface area (Å²) in [6.07, 6.45) is 7.92. The molecule has 1 aliphatic heterocycles. The molecule has 0 aromatic rings. The number of nitrogens with one attached hydrogen (secondary N) is 1. The fraction of sp³-hybridized carbons (Fsp3) is 0.850. The van der Waals surface area contributed by atoms with Gasteiger partial charge in [0.2, 0.25) is 0 Å². The first-order valence-corrected chi connectivity index (χ1v) is 9.93. The van der Waals surface area contributed by atoms with Gasteiger partial charge in [-0.25, -0.2) is 0 Å². The molecule has 2 fully saturated rings. The standard InChI is InChI=1S/C20H37N3O2/c1-5-10-22(4)18-8-11-23(12-9-18)14-16-6-7-17(13-16)21-19(15(2)3)20(24)25/h5,15-19,21H,1,6-14H2,2-4H3,(H,24,25)/t16-,17?,19?/m1/s1. The molecule has 5 nitrogen and oxygen atoms in total. The number of likely N-dealkylation sites (tertiary alicyclic amines) is 1. The minimum absolute atomic E-state index is 0.128. The number of carboxylic acid groups (broad SMARTS) is 1. The Balaban J connectivity index is 1.71. The van der Waals surface area contributed by atoms with Crippen LogP contribution in [-0.2, 0) is 4.79 Å². The zero-order chi connectivity index (χ0) is 18.4. The number of hydrogen-bond donors (Lipinski definition) is 2. The molecular formula is C20H37N3O2. The molecule has 1 aliphatic carbocycles. The molecule has 0 aromatic carbocycles. The number of rotatable bonds is 9. The van der Waals surface area contributed by atoms with E-state index in [1.807, 2.05) is 19.9 Å². The van der Waals surface area contributed by atoms with Crippen LogP contribution in [0.3, 0.4) is 0 Å². The van der Waals surface area contributed by atoms with Crippen LogP contribution in [0.2, 0.25) is 0 Å². The molecule has 0 aromatic heterocycles. The maximum Gasteiger partial charge on any atom is 0.320 e. The highest BCUT2D eigenvalue weighted by atomic mass is 16.4. The van der Waals surface area contributed by atoms with Crippen molar-refractivity contribution >= 4 is 5.97 Å². The number of nitrogens with zero attached hydrogens (tertiary/aromatic N) is 2. The predicted octanol–water partition coefficient (Wildman–Crippen LogP) is 2.44. The van der Waals surface area contributed by atoms with Gasteiger partial charge in [0.15, 0.2) is 0 Å². The molecule has 3 atom stereocenters. The molecule has 1 saturated heterocycles. The highest BCUT2D eigenvalue weighted by Gasteiger charge is 2.32. The number of carbonyl (C=O) groups is 1. The van der Waals surface area contributed by atoms with Crippen molar-refractivity contribution in [1.82, 2.24) is 15.1 Å². The van der Waals surface area contributed by atoms with Gasteiger partial charge in [-0.3, -0.25) is 9.69 Å². The third kappa shape index (κ3) is 6.08. The van der Waals surface area contributed by atoms with Gasteiger partial charge in [-0.2, -0.15) is 0 Å². The summed E-state index contributed by atoms with van der Waals surface area (Å²) >= 11 is 0. The number of carboxylic acids is 1. The second kappa shape index (κ2) is 9.70. The van der Waals surface area contributed by atoms with E-state index in [1.54, 1.807) is 0 Å². The van der Waals surface area contributed by atoms with Crippen LogP contribution in [0, 0.1) is 11.8 Å². The van der Waals surface area contributed by atoms with Crippen molar-refractivity contribution in [3.05, 3.63) is 12.7 Å². The number of aliphatic carboxylic acids is 1. The summed E-state index contributed by atoms with van der Waals surface area (Å²) in [6.45, 7) is 12.3. The molecule has 2 N–H and O–H groups in total. The van der Waals surface area contributed by atoms with Crippen LogP contribution in [-0.4, -0.2) is 72.2 Å². The molecule has 0 amide bonds. The van der Waals surface area contributed by atoms with Crippen LogP contribution in [0.5, 0.6) is 0 Å². The van der Waals surface area contributed by atoms with Gasteiger partial charge < -0.3 is 15.3 Å². The van der Waals surface area contributed by atoms with Crippen molar-refractivity contribution in [2.45, 2.75) is 64.1 Å². The predicted molar refractivity (Wildman–Crippen MR) is 103 cm³/mol. The number of likely N-dealkylation sites (N-methyl/N-ethyl adjacent to an activating group) is 1. The molecule has 0 radical (unpaired) electrons. The van der Waals surface area contributed by atoms with E-state index in [4.69, 9.17) is 0 Å². The van der Waals surface area contributed by atoms with Crippen LogP contribution in [0.15, 0.2) is 12.7 Å². The number of hydrogen-bond acceptors (Lipinski definition) is 4. The Morgan fingerprint density at radius 3 is 2.56 bits per heavy atom. The lowest BCUT2D eigenvalue weighted by molar-refractivity contribution is -0.140. The maximum absolute atomic E-state index is 11.4. The van der Waals surface area contributed by atoms with Gasteiger partial charge in [-0.1, -0.05) is 19.9 Å². The van der Waals surface area contributed by atoms with Gasteiger partial charge in [0.05, 0.1) is 0 Å². The normalized spacial score (nSPS) is 27.1. The third-order valence-corrected chi connectivity index (χ3v) is 6.00. The van der Waals surface area contributed by atoms with Gasteiger partial charge in [0.25, 0.3) is 0 Å². The Hall–Kier alpha value is -0.910. The average Bonchev–Trinajstić information content (AvgIpc) is 3.00. The van der Waals surface area contributed by atoms with Gasteiger partial charge in [0.1, 0.15) is 6.04 Å². The molecule has 0 spiro atoms. The van der Waals surface area contributed by atoms with E-state index in [0.29, 0.717) is 18.0 Å². The smallest absolute Gasteiger partial charge is 0.320 e. The van der Waals surface area contributed by atoms with E-state index in [0.717, 1.165) is 19.4 Å². The maximum atomic E-state index is 11.4. The van der Waals surface area contributed by atoms with Crippen molar-refractivity contribution in [2.24, 2.45) is 11.8 Å². The summed E-state index contributed by atoms with van der Waals surface area (Å²) in [6, 6.07) is 0.638. The largest absolute Gasteiger partial charge is 0.480 e. The Bertz CT molecular complexity index is 433. The third-order valence-electron chi connectivity index (χ3n) is 6.00. The van der Waals surface area contributed by atoms with Crippen LogP contribution in [0.25, 0.3) is 0 Å². The first-order valence-electron chi connectivity index (χ1n) is 9.93. The molecule has 1 saturated carbocycles. The molecule has 0 bridgehead atoms. The molecule has 1 heterocycles. The minimum Gasteiger partial charge on any atom is -0.480 e. The lowest BCUT2D eigenvalue weighted by Crippen LogP contribution is -2.46. The zero-order valence-electron chi connectivity index (χ0n) is 16.3. The lowest BCUT2D eigenvalue weighted by atomic mass is 10.00. The molecule has 2 unspecified atom stereocenters. The van der Waals surface area contributed by atoms with Gasteiger partial charge >= 0.3 is 5.97 Å². The Labute approximate surface area is 153 Å². The van der Waals surface area contributed by atoms with Crippen LogP contribution in [0.1, 0.15) is 46.0 Å². The van der Waals surface area contributed by atoms with Crippen LogP contribution in [0.4, 0.5) is 0 Å². The number of piperidine rings is 1. The summed E-state index contributed by atoms with van der Waals surface area (Å²) < 4.78 is 0. The van der Waals surface area contributed by atoms with Crippen molar-refractivity contribution < 1.29 is 9.90 Å². The Morgan fingerprint density at radius 1 is 1.32 bits per heavy atom. The van der Waals surface area contributed by atoms with Gasteiger partial charge in [0, 0.05) is 25.2 Å². The molecular weight excluding hydrogens is 314 g/mol. The average molecular weight is 352 g/mol. The van der Waals surface area contributed by atoms with Gasteiger partial charge in [-0.05, 0) is 64.1 Å². The van der Waals surface area contributed by atoms with E-state index in [-0.39, 0.29) is 5.92 Å². The minimum atomic E-state index is -0.718. The Kier molecular flexibility index (Phi) is 7.91. The molecule has 2 rings (SSSR count). The van der Waals surface area contributed by atoms with E-state index >= 15 is 0 Å². The van der Waals surface area contributed by atoms with Gasteiger partial charge in [-0.15, -0.1) is 6.58 Å². The SMILES string of the molecule is C=CCN(C)C1CCN(C[C@@H]2CCC(NC(C(=O)O)C(C)C)C2)CC1. The van der Waals surface area contributed by atoms with Crippen molar-refractivity contribution in [1.29, 1.82) is 0 Å². The Morgan fingerprint density at radius 2 is 2.00 bits per heavy atom. The highest BCUT2D eigenvalue weighted by molar-refractivity contribution is 5.73. The summed E-state index contributed by atoms with van der Waals surface area (Å²) in [5.74, 6) is 0.119. The molecule has 25 heavy (non-hydrogen) atoms. The lowest BCUT2D eigenvalue weighted by Gasteiger charge is -2.37. The molecule has 5 heteroatoms. The summed E-state index contributed by atoms with van der Waals surface area (Å²) in [4.78, 5) is 16.4. The molecule has 144 valence electrons. The second-order valence-electron chi connectivity index (χ2n) is 8.36. The van der Waals surface area contributed by atoms with Crippen LogP contribution >= 0.6 is 0 Å². The van der Waals surface area contributed by atoms with Crippen molar-refractivity contribution in [3.8, 4) is 0 Å². The van der Waals surface area contributed by atoms with E-state index in [9.17, 15) is 9.90 Å². The van der Waals surface area contributed by atoms with E-state index < -0.39 is 12.0 Å². The topological polar surface area (TPSA) is 55.8 Å². The fourth-order valence-electron chi connectivity index (χ4n) is 4.46. The quantitative estimate of drug-likeness (QED) is 0.625. The fourth-order valence-corrected chi connectivity index (χ4v) is 4.46. The first kappa shape index (κ1) is 20.4. The summed E-state index contributed by atoms with van der Waals surface area (Å²) in [5.41, 5.74) is 0. The highest BCUT2D eigenvalue weighted by Crippen LogP contribution is 2.28. The monoisotopic (exact) mass is 351 g/mol. The summed E-state index contributed by atoms with van der Waals surface area (Å²) in [5, 5.41) is 12.7.